The van der Waals surface area contributed by atoms with Crippen molar-refractivity contribution in [3.63, 3.8) is 0 Å². The molecule has 2 aliphatic heterocycles. The van der Waals surface area contributed by atoms with E-state index >= 15 is 0 Å². The van der Waals surface area contributed by atoms with Gasteiger partial charge in [0.25, 0.3) is 5.91 Å². The van der Waals surface area contributed by atoms with Gasteiger partial charge in [-0.2, -0.15) is 0 Å². The number of amidine groups is 1. The Labute approximate surface area is 217 Å². The van der Waals surface area contributed by atoms with E-state index in [1.54, 1.807) is 32.9 Å². The molecule has 2 aromatic carbocycles. The number of carbonyl (C=O) groups excluding carboxylic acids is 2. The van der Waals surface area contributed by atoms with E-state index in [0.29, 0.717) is 16.8 Å². The third kappa shape index (κ3) is 6.25. The number of likely N-dealkylation sites (tertiary alicyclic amines) is 1. The summed E-state index contributed by atoms with van der Waals surface area (Å²) in [6.45, 7) is 8.81. The van der Waals surface area contributed by atoms with E-state index < -0.39 is 17.7 Å². The Morgan fingerprint density at radius 3 is 2.46 bits per heavy atom. The summed E-state index contributed by atoms with van der Waals surface area (Å²) in [6, 6.07) is 11.4. The van der Waals surface area contributed by atoms with E-state index in [0.717, 1.165) is 49.0 Å². The second-order valence-corrected chi connectivity index (χ2v) is 10.3. The molecule has 0 aromatic heterocycles. The number of carboxylic acids is 1. The second kappa shape index (κ2) is 10.6. The summed E-state index contributed by atoms with van der Waals surface area (Å²) in [5.41, 5.74) is 3.80. The third-order valence-electron chi connectivity index (χ3n) is 6.32. The maximum absolute atomic E-state index is 13.4. The number of hydrogen-bond acceptors (Lipinski definition) is 5. The number of carboxylic acid groups (broad SMARTS) is 1. The number of nitrogens with one attached hydrogen (secondary N) is 1. The van der Waals surface area contributed by atoms with Gasteiger partial charge < -0.3 is 14.7 Å². The predicted octanol–water partition coefficient (Wildman–Crippen LogP) is 5.58. The predicted molar refractivity (Wildman–Crippen MR) is 143 cm³/mol. The molecule has 0 radical (unpaired) electrons. The summed E-state index contributed by atoms with van der Waals surface area (Å²) in [5.74, 6) is -0.903. The van der Waals surface area contributed by atoms with E-state index in [1.165, 1.54) is 0 Å². The first-order chi connectivity index (χ1) is 17.5. The van der Waals surface area contributed by atoms with Crippen LogP contribution >= 0.6 is 0 Å². The van der Waals surface area contributed by atoms with Crippen molar-refractivity contribution in [3.8, 4) is 11.1 Å². The van der Waals surface area contributed by atoms with Gasteiger partial charge in [0.15, 0.2) is 0 Å². The molecule has 0 spiro atoms. The van der Waals surface area contributed by atoms with Crippen LogP contribution in [0.2, 0.25) is 0 Å². The van der Waals surface area contributed by atoms with Crippen LogP contribution in [0, 0.1) is 0 Å². The van der Waals surface area contributed by atoms with Gasteiger partial charge in [-0.1, -0.05) is 31.2 Å². The van der Waals surface area contributed by atoms with Crippen LogP contribution in [0.5, 0.6) is 0 Å². The Morgan fingerprint density at radius 1 is 1.08 bits per heavy atom. The van der Waals surface area contributed by atoms with Gasteiger partial charge >= 0.3 is 12.1 Å². The summed E-state index contributed by atoms with van der Waals surface area (Å²) >= 11 is 0. The summed E-state index contributed by atoms with van der Waals surface area (Å²) in [4.78, 5) is 44.2. The first kappa shape index (κ1) is 26.1. The molecule has 0 saturated carbocycles. The fraction of sp³-hybridized carbons (Fsp3) is 0.379. The minimum Gasteiger partial charge on any atom is -0.478 e. The molecule has 2 N–H and O–H groups in total. The van der Waals surface area contributed by atoms with Crippen molar-refractivity contribution >= 4 is 35.6 Å². The average Bonchev–Trinajstić information content (AvgIpc) is 3.31. The standard InChI is InChI=1S/C29H33N3O5/c1-5-18-8-11-22(23(14-18)26(33)32-12-6-7-13-32)19-9-10-20-15-21(27(34)35)17-25(30-24(20)16-19)31-28(36)37-29(2,3)4/h8-11,14-16H,5-7,12-13,17H2,1-4H3,(H,34,35)(H,30,31,36). The fourth-order valence-electron chi connectivity index (χ4n) is 4.50. The van der Waals surface area contributed by atoms with E-state index in [4.69, 9.17) is 4.74 Å². The van der Waals surface area contributed by atoms with Gasteiger partial charge in [-0.25, -0.2) is 14.6 Å². The highest BCUT2D eigenvalue weighted by atomic mass is 16.6. The van der Waals surface area contributed by atoms with Gasteiger partial charge in [0.05, 0.1) is 5.69 Å². The quantitative estimate of drug-likeness (QED) is 0.566. The molecule has 2 amide bonds. The minimum absolute atomic E-state index is 0.0154. The van der Waals surface area contributed by atoms with Crippen molar-refractivity contribution in [2.45, 2.75) is 59.0 Å². The number of nitrogens with zero attached hydrogens (tertiary/aromatic N) is 2. The Morgan fingerprint density at radius 2 is 1.81 bits per heavy atom. The number of carbonyl (C=O) groups is 3. The lowest BCUT2D eigenvalue weighted by Crippen LogP contribution is -2.36. The van der Waals surface area contributed by atoms with Crippen LogP contribution < -0.4 is 5.32 Å². The first-order valence-electron chi connectivity index (χ1n) is 12.6. The average molecular weight is 504 g/mol. The molecule has 8 heteroatoms. The van der Waals surface area contributed by atoms with Crippen LogP contribution in [0.15, 0.2) is 47.0 Å². The molecule has 0 aliphatic carbocycles. The summed E-state index contributed by atoms with van der Waals surface area (Å²) < 4.78 is 5.33. The SMILES string of the molecule is CCc1ccc(-c2ccc3c(c2)N=C(NC(=O)OC(C)(C)C)CC(C(=O)O)=C3)c(C(=O)N2CCCC2)c1. The number of rotatable bonds is 4. The van der Waals surface area contributed by atoms with E-state index in [-0.39, 0.29) is 23.7 Å². The lowest BCUT2D eigenvalue weighted by Gasteiger charge is -2.20. The lowest BCUT2D eigenvalue weighted by molar-refractivity contribution is -0.132. The Bertz CT molecular complexity index is 1300. The Kier molecular flexibility index (Phi) is 7.47. The van der Waals surface area contributed by atoms with Gasteiger partial charge in [-0.3, -0.25) is 10.1 Å². The molecule has 2 aliphatic rings. The minimum atomic E-state index is -1.09. The summed E-state index contributed by atoms with van der Waals surface area (Å²) in [5, 5.41) is 12.3. The van der Waals surface area contributed by atoms with Gasteiger partial charge in [-0.15, -0.1) is 0 Å². The molecule has 0 bridgehead atoms. The van der Waals surface area contributed by atoms with Crippen LogP contribution in [0.3, 0.4) is 0 Å². The zero-order valence-corrected chi connectivity index (χ0v) is 21.8. The largest absolute Gasteiger partial charge is 0.478 e. The van der Waals surface area contributed by atoms with Crippen molar-refractivity contribution in [1.82, 2.24) is 10.2 Å². The van der Waals surface area contributed by atoms with Crippen molar-refractivity contribution < 1.29 is 24.2 Å². The highest BCUT2D eigenvalue weighted by Gasteiger charge is 2.25. The number of hydrogen-bond donors (Lipinski definition) is 2. The zero-order chi connectivity index (χ0) is 26.7. The molecule has 8 nitrogen and oxygen atoms in total. The zero-order valence-electron chi connectivity index (χ0n) is 21.8. The van der Waals surface area contributed by atoms with Gasteiger partial charge in [0, 0.05) is 36.2 Å². The number of amides is 2. The molecule has 0 unspecified atom stereocenters. The van der Waals surface area contributed by atoms with Crippen molar-refractivity contribution in [3.05, 3.63) is 58.7 Å². The lowest BCUT2D eigenvalue weighted by atomic mass is 9.94. The van der Waals surface area contributed by atoms with Crippen LogP contribution in [0.25, 0.3) is 17.2 Å². The molecular weight excluding hydrogens is 470 g/mol. The van der Waals surface area contributed by atoms with Crippen LogP contribution in [0.4, 0.5) is 10.5 Å². The highest BCUT2D eigenvalue weighted by molar-refractivity contribution is 6.07. The number of aliphatic imine (C=N–C) groups is 1. The van der Waals surface area contributed by atoms with E-state index in [9.17, 15) is 19.5 Å². The molecule has 37 heavy (non-hydrogen) atoms. The topological polar surface area (TPSA) is 108 Å². The number of alkyl carbamates (subject to hydrolysis) is 1. The van der Waals surface area contributed by atoms with Crippen LogP contribution in [0.1, 0.15) is 68.4 Å². The number of aryl methyl sites for hydroxylation is 1. The molecule has 2 heterocycles. The smallest absolute Gasteiger partial charge is 0.413 e. The Balaban J connectivity index is 1.76. The maximum Gasteiger partial charge on any atom is 0.413 e. The molecule has 1 fully saturated rings. The fourth-order valence-corrected chi connectivity index (χ4v) is 4.50. The highest BCUT2D eigenvalue weighted by Crippen LogP contribution is 2.34. The monoisotopic (exact) mass is 503 g/mol. The maximum atomic E-state index is 13.4. The normalized spacial score (nSPS) is 15.3. The van der Waals surface area contributed by atoms with Gasteiger partial charge in [-0.05, 0) is 74.9 Å². The van der Waals surface area contributed by atoms with Gasteiger partial charge in [0.2, 0.25) is 0 Å². The summed E-state index contributed by atoms with van der Waals surface area (Å²) in [6.07, 6.45) is 3.62. The van der Waals surface area contributed by atoms with Crippen molar-refractivity contribution in [2.24, 2.45) is 4.99 Å². The van der Waals surface area contributed by atoms with Crippen LogP contribution in [-0.4, -0.2) is 52.5 Å². The number of aliphatic carboxylic acids is 1. The second-order valence-electron chi connectivity index (χ2n) is 10.3. The van der Waals surface area contributed by atoms with Crippen molar-refractivity contribution in [1.29, 1.82) is 0 Å². The van der Waals surface area contributed by atoms with Crippen molar-refractivity contribution in [2.75, 3.05) is 13.1 Å². The van der Waals surface area contributed by atoms with Crippen LogP contribution in [-0.2, 0) is 16.0 Å². The molecule has 194 valence electrons. The third-order valence-corrected chi connectivity index (χ3v) is 6.32. The van der Waals surface area contributed by atoms with E-state index in [2.05, 4.69) is 17.2 Å². The van der Waals surface area contributed by atoms with E-state index in [1.807, 2.05) is 35.2 Å². The van der Waals surface area contributed by atoms with Gasteiger partial charge in [0.1, 0.15) is 11.4 Å². The Hall–Kier alpha value is -3.94. The first-order valence-corrected chi connectivity index (χ1v) is 12.6. The number of ether oxygens (including phenoxy) is 1. The number of fused-ring (bicyclic) bond motifs is 1. The molecule has 2 aromatic rings. The number of benzene rings is 2. The molecule has 0 atom stereocenters. The molecular formula is C29H33N3O5. The molecule has 4 rings (SSSR count). The summed E-state index contributed by atoms with van der Waals surface area (Å²) in [7, 11) is 0. The molecule has 1 saturated heterocycles.